The second-order valence-electron chi connectivity index (χ2n) is 8.04. The third-order valence-corrected chi connectivity index (χ3v) is 6.09. The van der Waals surface area contributed by atoms with Gasteiger partial charge in [0.15, 0.2) is 0 Å². The lowest BCUT2D eigenvalue weighted by Crippen LogP contribution is -2.54. The Kier molecular flexibility index (Phi) is 5.61. The smallest absolute Gasteiger partial charge is 0.239 e. The van der Waals surface area contributed by atoms with Crippen molar-refractivity contribution in [3.05, 3.63) is 30.1 Å². The molecule has 0 saturated carbocycles. The summed E-state index contributed by atoms with van der Waals surface area (Å²) in [7, 11) is 3.88. The number of carbonyl (C=O) groups excluding carboxylic acids is 2. The maximum atomic E-state index is 12.6. The topological polar surface area (TPSA) is 56.8 Å². The van der Waals surface area contributed by atoms with Crippen molar-refractivity contribution in [3.8, 4) is 0 Å². The van der Waals surface area contributed by atoms with Crippen molar-refractivity contribution < 1.29 is 9.59 Å². The molecule has 1 aromatic rings. The van der Waals surface area contributed by atoms with Gasteiger partial charge in [-0.15, -0.1) is 0 Å². The average Bonchev–Trinajstić information content (AvgIpc) is 2.65. The van der Waals surface area contributed by atoms with Gasteiger partial charge in [-0.2, -0.15) is 0 Å². The van der Waals surface area contributed by atoms with E-state index in [0.29, 0.717) is 13.0 Å². The number of carbonyl (C=O) groups is 2. The van der Waals surface area contributed by atoms with Crippen LogP contribution >= 0.6 is 0 Å². The molecule has 0 bridgehead atoms. The third kappa shape index (κ3) is 4.06. The minimum Gasteiger partial charge on any atom is -0.341 e. The maximum absolute atomic E-state index is 12.6. The highest BCUT2D eigenvalue weighted by Gasteiger charge is 2.42. The molecular weight excluding hydrogens is 328 g/mol. The van der Waals surface area contributed by atoms with E-state index in [4.69, 9.17) is 0 Å². The quantitative estimate of drug-likeness (QED) is 0.823. The van der Waals surface area contributed by atoms with Crippen molar-refractivity contribution in [3.63, 3.8) is 0 Å². The van der Waals surface area contributed by atoms with Crippen molar-refractivity contribution in [2.45, 2.75) is 45.2 Å². The highest BCUT2D eigenvalue weighted by molar-refractivity contribution is 5.81. The molecule has 0 aliphatic carbocycles. The van der Waals surface area contributed by atoms with Gasteiger partial charge < -0.3 is 9.80 Å². The normalized spacial score (nSPS) is 21.3. The van der Waals surface area contributed by atoms with Crippen LogP contribution in [0.3, 0.4) is 0 Å². The molecule has 0 radical (unpaired) electrons. The van der Waals surface area contributed by atoms with Gasteiger partial charge in [0.05, 0.1) is 18.3 Å². The van der Waals surface area contributed by atoms with E-state index in [1.165, 1.54) is 0 Å². The number of likely N-dealkylation sites (N-methyl/N-ethyl adjacent to an activating group) is 1. The number of hydrogen-bond donors (Lipinski definition) is 0. The fourth-order valence-electron chi connectivity index (χ4n) is 4.03. The van der Waals surface area contributed by atoms with Crippen LogP contribution in [0.15, 0.2) is 24.4 Å². The molecule has 3 rings (SSSR count). The summed E-state index contributed by atoms with van der Waals surface area (Å²) in [5.41, 5.74) is 1.09. The van der Waals surface area contributed by atoms with Crippen LogP contribution in [0.5, 0.6) is 0 Å². The van der Waals surface area contributed by atoms with Crippen LogP contribution in [-0.2, 0) is 16.1 Å². The first-order valence-electron chi connectivity index (χ1n) is 9.53. The third-order valence-electron chi connectivity index (χ3n) is 6.09. The van der Waals surface area contributed by atoms with Gasteiger partial charge in [0.2, 0.25) is 11.8 Å². The number of nitrogens with zero attached hydrogens (tertiary/aromatic N) is 4. The number of piperidine rings is 2. The van der Waals surface area contributed by atoms with Crippen LogP contribution in [0.25, 0.3) is 0 Å². The highest BCUT2D eigenvalue weighted by Crippen LogP contribution is 2.40. The van der Waals surface area contributed by atoms with Gasteiger partial charge in [-0.1, -0.05) is 6.07 Å². The summed E-state index contributed by atoms with van der Waals surface area (Å²) in [4.78, 5) is 35.2. The lowest BCUT2D eigenvalue weighted by Gasteiger charge is -2.47. The molecule has 0 aromatic carbocycles. The Bertz CT molecular complexity index is 638. The van der Waals surface area contributed by atoms with Crippen LogP contribution in [-0.4, -0.2) is 71.3 Å². The van der Waals surface area contributed by atoms with Crippen molar-refractivity contribution >= 4 is 11.8 Å². The van der Waals surface area contributed by atoms with Crippen LogP contribution in [0.2, 0.25) is 0 Å². The van der Waals surface area contributed by atoms with Crippen molar-refractivity contribution in [1.82, 2.24) is 19.7 Å². The fourth-order valence-corrected chi connectivity index (χ4v) is 4.03. The van der Waals surface area contributed by atoms with Crippen molar-refractivity contribution in [1.29, 1.82) is 0 Å². The van der Waals surface area contributed by atoms with E-state index in [0.717, 1.165) is 44.6 Å². The Labute approximate surface area is 156 Å². The molecule has 6 nitrogen and oxygen atoms in total. The first kappa shape index (κ1) is 18.8. The minimum atomic E-state index is -0.0855. The molecule has 2 fully saturated rings. The van der Waals surface area contributed by atoms with E-state index in [1.807, 2.05) is 53.9 Å². The second kappa shape index (κ2) is 7.74. The molecule has 2 saturated heterocycles. The van der Waals surface area contributed by atoms with Gasteiger partial charge >= 0.3 is 0 Å². The average molecular weight is 358 g/mol. The molecule has 1 aromatic heterocycles. The van der Waals surface area contributed by atoms with Gasteiger partial charge in [-0.3, -0.25) is 19.5 Å². The second-order valence-corrected chi connectivity index (χ2v) is 8.04. The number of amides is 2. The summed E-state index contributed by atoms with van der Waals surface area (Å²) in [5.74, 6) is 0.433. The minimum absolute atomic E-state index is 0.0855. The largest absolute Gasteiger partial charge is 0.341 e. The van der Waals surface area contributed by atoms with E-state index < -0.39 is 0 Å². The van der Waals surface area contributed by atoms with Crippen molar-refractivity contribution in [2.24, 2.45) is 5.41 Å². The van der Waals surface area contributed by atoms with Gasteiger partial charge in [0.1, 0.15) is 0 Å². The lowest BCUT2D eigenvalue weighted by molar-refractivity contribution is -0.144. The summed E-state index contributed by atoms with van der Waals surface area (Å²) in [6.07, 6.45) is 5.27. The molecular formula is C20H30N4O2. The number of hydrogen-bond acceptors (Lipinski definition) is 4. The monoisotopic (exact) mass is 358 g/mol. The molecule has 26 heavy (non-hydrogen) atoms. The van der Waals surface area contributed by atoms with E-state index in [1.54, 1.807) is 6.20 Å². The van der Waals surface area contributed by atoms with Crippen LogP contribution < -0.4 is 0 Å². The summed E-state index contributed by atoms with van der Waals surface area (Å²) in [5, 5.41) is 0. The Morgan fingerprint density at radius 2 is 2.00 bits per heavy atom. The standard InChI is InChI=1S/C20H30N4O2/c1-16(22(2)3)19(26)23-12-9-20(10-13-23)8-7-18(25)24(15-20)14-17-6-4-5-11-21-17/h4-6,11,16H,7-10,12-15H2,1-3H3/t16-/m0/s1. The molecule has 142 valence electrons. The number of pyridine rings is 1. The van der Waals surface area contributed by atoms with E-state index in [-0.39, 0.29) is 23.3 Å². The Balaban J connectivity index is 1.61. The zero-order chi connectivity index (χ0) is 18.7. The highest BCUT2D eigenvalue weighted by atomic mass is 16.2. The molecule has 1 atom stereocenters. The van der Waals surface area contributed by atoms with Gasteiger partial charge in [0.25, 0.3) is 0 Å². The van der Waals surface area contributed by atoms with Crippen LogP contribution in [0.4, 0.5) is 0 Å². The Morgan fingerprint density at radius 1 is 1.27 bits per heavy atom. The molecule has 2 aliphatic heterocycles. The van der Waals surface area contributed by atoms with Crippen LogP contribution in [0, 0.1) is 5.41 Å². The van der Waals surface area contributed by atoms with E-state index in [9.17, 15) is 9.59 Å². The predicted octanol–water partition coefficient (Wildman–Crippen LogP) is 1.76. The van der Waals surface area contributed by atoms with Crippen LogP contribution in [0.1, 0.15) is 38.3 Å². The molecule has 2 aliphatic rings. The predicted molar refractivity (Wildman–Crippen MR) is 100 cm³/mol. The number of rotatable bonds is 4. The first-order valence-corrected chi connectivity index (χ1v) is 9.53. The van der Waals surface area contributed by atoms with Gasteiger partial charge in [-0.25, -0.2) is 0 Å². The maximum Gasteiger partial charge on any atom is 0.239 e. The number of aromatic nitrogens is 1. The summed E-state index contributed by atoms with van der Waals surface area (Å²) in [6, 6.07) is 5.74. The Hall–Kier alpha value is -1.95. The zero-order valence-electron chi connectivity index (χ0n) is 16.1. The van der Waals surface area contributed by atoms with Crippen molar-refractivity contribution in [2.75, 3.05) is 33.7 Å². The molecule has 0 N–H and O–H groups in total. The first-order chi connectivity index (χ1) is 12.4. The molecule has 3 heterocycles. The lowest BCUT2D eigenvalue weighted by atomic mass is 9.72. The molecule has 0 unspecified atom stereocenters. The summed E-state index contributed by atoms with van der Waals surface area (Å²) >= 11 is 0. The summed E-state index contributed by atoms with van der Waals surface area (Å²) < 4.78 is 0. The van der Waals surface area contributed by atoms with Gasteiger partial charge in [-0.05, 0) is 57.8 Å². The molecule has 6 heteroatoms. The zero-order valence-corrected chi connectivity index (χ0v) is 16.1. The van der Waals surface area contributed by atoms with E-state index in [2.05, 4.69) is 4.98 Å². The van der Waals surface area contributed by atoms with Gasteiger partial charge in [0, 0.05) is 32.3 Å². The Morgan fingerprint density at radius 3 is 2.62 bits per heavy atom. The fraction of sp³-hybridized carbons (Fsp3) is 0.650. The number of likely N-dealkylation sites (tertiary alicyclic amines) is 2. The molecule has 1 spiro atoms. The molecule has 2 amide bonds. The SMILES string of the molecule is C[C@@H](C(=O)N1CCC2(CCC(=O)N(Cc3ccccn3)C2)CC1)N(C)C. The summed E-state index contributed by atoms with van der Waals surface area (Å²) in [6.45, 7) is 4.92. The van der Waals surface area contributed by atoms with E-state index >= 15 is 0 Å².